The van der Waals surface area contributed by atoms with Gasteiger partial charge in [0.1, 0.15) is 5.75 Å². The van der Waals surface area contributed by atoms with Gasteiger partial charge in [-0.15, -0.1) is 0 Å². The van der Waals surface area contributed by atoms with Gasteiger partial charge >= 0.3 is 0 Å². The summed E-state index contributed by atoms with van der Waals surface area (Å²) < 4.78 is 7.20. The number of aryl methyl sites for hydroxylation is 1. The Morgan fingerprint density at radius 2 is 1.89 bits per heavy atom. The Morgan fingerprint density at radius 3 is 2.70 bits per heavy atom. The van der Waals surface area contributed by atoms with Gasteiger partial charge in [0, 0.05) is 29.2 Å². The second kappa shape index (κ2) is 9.14. The summed E-state index contributed by atoms with van der Waals surface area (Å²) in [7, 11) is 1.60. The van der Waals surface area contributed by atoms with Crippen LogP contribution in [0.3, 0.4) is 0 Å². The molecule has 4 aromatic heterocycles. The molecule has 5 aromatic rings. The molecule has 184 valence electrons. The fourth-order valence-corrected chi connectivity index (χ4v) is 5.42. The Hall–Kier alpha value is -4.57. The van der Waals surface area contributed by atoms with Crippen LogP contribution in [-0.2, 0) is 13.1 Å². The Bertz CT molecular complexity index is 1620. The van der Waals surface area contributed by atoms with Crippen molar-refractivity contribution in [2.45, 2.75) is 20.0 Å². The maximum absolute atomic E-state index is 13.3. The molecule has 1 aliphatic heterocycles. The van der Waals surface area contributed by atoms with Crippen LogP contribution < -0.4 is 10.1 Å². The molecule has 0 fully saturated rings. The zero-order valence-corrected chi connectivity index (χ0v) is 21.0. The van der Waals surface area contributed by atoms with Crippen molar-refractivity contribution in [2.24, 2.45) is 0 Å². The van der Waals surface area contributed by atoms with Crippen molar-refractivity contribution in [1.29, 1.82) is 0 Å². The number of thiazole rings is 1. The van der Waals surface area contributed by atoms with Crippen LogP contribution in [0, 0.1) is 6.92 Å². The molecule has 9 nitrogen and oxygen atoms in total. The summed E-state index contributed by atoms with van der Waals surface area (Å²) in [6.45, 7) is 2.67. The molecule has 0 spiro atoms. The van der Waals surface area contributed by atoms with Gasteiger partial charge in [0.05, 0.1) is 41.9 Å². The quantitative estimate of drug-likeness (QED) is 0.371. The molecule has 1 aromatic carbocycles. The highest BCUT2D eigenvalue weighted by atomic mass is 32.1. The lowest BCUT2D eigenvalue weighted by Crippen LogP contribution is -2.26. The van der Waals surface area contributed by atoms with Crippen LogP contribution in [0.25, 0.3) is 16.6 Å². The lowest BCUT2D eigenvalue weighted by Gasteiger charge is -2.14. The predicted octanol–water partition coefficient (Wildman–Crippen LogP) is 4.58. The largest absolute Gasteiger partial charge is 0.496 e. The number of nitrogens with zero attached hydrogens (tertiary/aromatic N) is 5. The molecular formula is C27H22N6O3S. The molecule has 0 aliphatic carbocycles. The van der Waals surface area contributed by atoms with Gasteiger partial charge in [-0.2, -0.15) is 5.10 Å². The van der Waals surface area contributed by atoms with E-state index >= 15 is 0 Å². The first-order valence-electron chi connectivity index (χ1n) is 11.6. The maximum Gasteiger partial charge on any atom is 0.275 e. The summed E-state index contributed by atoms with van der Waals surface area (Å²) in [4.78, 5) is 37.9. The van der Waals surface area contributed by atoms with Gasteiger partial charge < -0.3 is 9.64 Å². The van der Waals surface area contributed by atoms with E-state index in [0.717, 1.165) is 32.9 Å². The fourth-order valence-electron chi connectivity index (χ4n) is 4.44. The third-order valence-electron chi connectivity index (χ3n) is 6.23. The van der Waals surface area contributed by atoms with E-state index in [9.17, 15) is 9.59 Å². The van der Waals surface area contributed by atoms with Crippen LogP contribution in [0.15, 0.2) is 67.0 Å². The molecule has 37 heavy (non-hydrogen) atoms. The van der Waals surface area contributed by atoms with E-state index in [2.05, 4.69) is 20.4 Å². The standard InChI is InChI=1S/C27H22N6O3S/c1-16-11-19(18-8-3-4-9-23(18)36-2)20(13-28-16)25(34)30-27-29-22-14-32(15-24(22)37-27)26(35)21-12-17-7-5-6-10-33(17)31-21/h3-13H,14-15H2,1-2H3,(H,29,30,34). The van der Waals surface area contributed by atoms with Gasteiger partial charge in [-0.1, -0.05) is 35.6 Å². The molecule has 0 bridgehead atoms. The highest BCUT2D eigenvalue weighted by Gasteiger charge is 2.30. The van der Waals surface area contributed by atoms with Crippen molar-refractivity contribution in [2.75, 3.05) is 12.4 Å². The number of para-hydroxylation sites is 1. The predicted molar refractivity (Wildman–Crippen MR) is 140 cm³/mol. The normalized spacial score (nSPS) is 12.5. The zero-order chi connectivity index (χ0) is 25.5. The third-order valence-corrected chi connectivity index (χ3v) is 7.23. The Balaban J connectivity index is 1.20. The van der Waals surface area contributed by atoms with Gasteiger partial charge in [0.2, 0.25) is 0 Å². The first-order valence-corrected chi connectivity index (χ1v) is 12.5. The number of fused-ring (bicyclic) bond motifs is 2. The first-order chi connectivity index (χ1) is 18.0. The van der Waals surface area contributed by atoms with Crippen molar-refractivity contribution in [3.8, 4) is 16.9 Å². The van der Waals surface area contributed by atoms with Crippen molar-refractivity contribution >= 4 is 33.8 Å². The van der Waals surface area contributed by atoms with Crippen LogP contribution in [0.5, 0.6) is 5.75 Å². The molecule has 2 amide bonds. The number of carbonyl (C=O) groups is 2. The molecule has 0 radical (unpaired) electrons. The maximum atomic E-state index is 13.3. The lowest BCUT2D eigenvalue weighted by atomic mass is 9.99. The van der Waals surface area contributed by atoms with E-state index in [0.29, 0.717) is 35.2 Å². The molecular weight excluding hydrogens is 488 g/mol. The van der Waals surface area contributed by atoms with Crippen LogP contribution >= 0.6 is 11.3 Å². The number of carbonyl (C=O) groups excluding carboxylic acids is 2. The number of hydrogen-bond donors (Lipinski definition) is 1. The average molecular weight is 511 g/mol. The average Bonchev–Trinajstić information content (AvgIpc) is 3.61. The molecule has 1 N–H and O–H groups in total. The summed E-state index contributed by atoms with van der Waals surface area (Å²) in [6, 6.07) is 16.9. The first kappa shape index (κ1) is 22.9. The minimum absolute atomic E-state index is 0.147. The zero-order valence-electron chi connectivity index (χ0n) is 20.1. The lowest BCUT2D eigenvalue weighted by molar-refractivity contribution is 0.0744. The van der Waals surface area contributed by atoms with Crippen molar-refractivity contribution < 1.29 is 14.3 Å². The second-order valence-corrected chi connectivity index (χ2v) is 9.76. The number of aromatic nitrogens is 4. The Labute approximate surface area is 216 Å². The molecule has 0 atom stereocenters. The molecule has 6 rings (SSSR count). The number of pyridine rings is 2. The van der Waals surface area contributed by atoms with Crippen LogP contribution in [0.1, 0.15) is 37.1 Å². The molecule has 0 unspecified atom stereocenters. The number of ether oxygens (including phenoxy) is 1. The summed E-state index contributed by atoms with van der Waals surface area (Å²) in [5.41, 5.74) is 4.80. The van der Waals surface area contributed by atoms with E-state index < -0.39 is 0 Å². The smallest absolute Gasteiger partial charge is 0.275 e. The fraction of sp³-hybridized carbons (Fsp3) is 0.148. The van der Waals surface area contributed by atoms with Gasteiger partial charge in [0.25, 0.3) is 11.8 Å². The second-order valence-electron chi connectivity index (χ2n) is 8.68. The van der Waals surface area contributed by atoms with Gasteiger partial charge in [0.15, 0.2) is 10.8 Å². The minimum Gasteiger partial charge on any atom is -0.496 e. The topological polar surface area (TPSA) is 102 Å². The third kappa shape index (κ3) is 4.21. The van der Waals surface area contributed by atoms with E-state index in [1.165, 1.54) is 11.3 Å². The molecule has 1 aliphatic rings. The molecule has 10 heteroatoms. The van der Waals surface area contributed by atoms with Crippen LogP contribution in [-0.4, -0.2) is 43.4 Å². The summed E-state index contributed by atoms with van der Waals surface area (Å²) in [5.74, 6) is 0.218. The molecule has 0 saturated carbocycles. The van der Waals surface area contributed by atoms with Gasteiger partial charge in [-0.3, -0.25) is 19.9 Å². The van der Waals surface area contributed by atoms with Crippen LogP contribution in [0.4, 0.5) is 5.13 Å². The number of nitrogens with one attached hydrogen (secondary N) is 1. The highest BCUT2D eigenvalue weighted by Crippen LogP contribution is 2.35. The summed E-state index contributed by atoms with van der Waals surface area (Å²) in [6.07, 6.45) is 3.38. The Morgan fingerprint density at radius 1 is 1.05 bits per heavy atom. The number of rotatable bonds is 5. The number of methoxy groups -OCH3 is 1. The van der Waals surface area contributed by atoms with E-state index in [1.54, 1.807) is 28.8 Å². The van der Waals surface area contributed by atoms with Crippen molar-refractivity contribution in [3.63, 3.8) is 0 Å². The molecule has 0 saturated heterocycles. The number of hydrogen-bond acceptors (Lipinski definition) is 7. The van der Waals surface area contributed by atoms with Gasteiger partial charge in [-0.05, 0) is 37.3 Å². The number of amides is 2. The van der Waals surface area contributed by atoms with E-state index in [-0.39, 0.29) is 11.8 Å². The van der Waals surface area contributed by atoms with Gasteiger partial charge in [-0.25, -0.2) is 9.50 Å². The minimum atomic E-state index is -0.307. The molecule has 5 heterocycles. The number of benzene rings is 1. The Kier molecular flexibility index (Phi) is 5.65. The summed E-state index contributed by atoms with van der Waals surface area (Å²) in [5, 5.41) is 7.79. The van der Waals surface area contributed by atoms with E-state index in [1.807, 2.05) is 61.7 Å². The summed E-state index contributed by atoms with van der Waals surface area (Å²) >= 11 is 1.37. The monoisotopic (exact) mass is 510 g/mol. The number of anilines is 1. The van der Waals surface area contributed by atoms with Crippen molar-refractivity contribution in [1.82, 2.24) is 24.5 Å². The van der Waals surface area contributed by atoms with E-state index in [4.69, 9.17) is 4.74 Å². The SMILES string of the molecule is COc1ccccc1-c1cc(C)ncc1C(=O)Nc1nc2c(s1)CN(C(=O)c1cc3ccccn3n1)C2. The van der Waals surface area contributed by atoms with Crippen molar-refractivity contribution in [3.05, 3.63) is 94.5 Å². The highest BCUT2D eigenvalue weighted by molar-refractivity contribution is 7.16. The van der Waals surface area contributed by atoms with Crippen LogP contribution in [0.2, 0.25) is 0 Å².